The Morgan fingerprint density at radius 1 is 1.53 bits per heavy atom. The molecule has 19 heavy (non-hydrogen) atoms. The molecule has 4 nitrogen and oxygen atoms in total. The van der Waals surface area contributed by atoms with E-state index in [1.54, 1.807) is 0 Å². The fraction of sp³-hybridized carbons (Fsp3) is 0.231. The van der Waals surface area contributed by atoms with Crippen LogP contribution in [-0.2, 0) is 11.2 Å². The third-order valence-corrected chi connectivity index (χ3v) is 3.97. The van der Waals surface area contributed by atoms with Crippen LogP contribution in [-0.4, -0.2) is 18.1 Å². The summed E-state index contributed by atoms with van der Waals surface area (Å²) < 4.78 is 5.70. The minimum absolute atomic E-state index is 0.364. The molecule has 0 bridgehead atoms. The molecule has 2 rings (SSSR count). The van der Waals surface area contributed by atoms with Crippen molar-refractivity contribution in [3.05, 3.63) is 39.3 Å². The molecule has 0 aliphatic carbocycles. The summed E-state index contributed by atoms with van der Waals surface area (Å²) in [6.45, 7) is 2.09. The summed E-state index contributed by atoms with van der Waals surface area (Å²) in [7, 11) is 1.36. The summed E-state index contributed by atoms with van der Waals surface area (Å²) in [5.74, 6) is -0.364. The first kappa shape index (κ1) is 14.0. The molecule has 1 heterocycles. The number of carbonyl (C=O) groups excluding carboxylic acids is 1. The van der Waals surface area contributed by atoms with E-state index in [-0.39, 0.29) is 5.97 Å². The summed E-state index contributed by atoms with van der Waals surface area (Å²) in [6, 6.07) is 6.02. The van der Waals surface area contributed by atoms with Gasteiger partial charge in [0.05, 0.1) is 13.3 Å². The van der Waals surface area contributed by atoms with Gasteiger partial charge in [0.2, 0.25) is 0 Å². The van der Waals surface area contributed by atoms with Crippen LogP contribution in [0.15, 0.2) is 28.9 Å². The van der Waals surface area contributed by atoms with Crippen molar-refractivity contribution >= 4 is 44.1 Å². The van der Waals surface area contributed by atoms with Crippen LogP contribution in [0.5, 0.6) is 0 Å². The minimum atomic E-state index is -0.364. The van der Waals surface area contributed by atoms with Gasteiger partial charge in [0, 0.05) is 10.2 Å². The quantitative estimate of drug-likeness (QED) is 0.854. The molecule has 0 fully saturated rings. The Labute approximate surface area is 124 Å². The first-order valence-corrected chi connectivity index (χ1v) is 7.34. The van der Waals surface area contributed by atoms with Crippen molar-refractivity contribution < 1.29 is 9.53 Å². The predicted molar refractivity (Wildman–Crippen MR) is 80.3 cm³/mol. The molecule has 0 saturated carbocycles. The highest BCUT2D eigenvalue weighted by Crippen LogP contribution is 2.27. The highest BCUT2D eigenvalue weighted by molar-refractivity contribution is 9.10. The zero-order chi connectivity index (χ0) is 13.8. The van der Waals surface area contributed by atoms with E-state index in [2.05, 4.69) is 44.0 Å². The van der Waals surface area contributed by atoms with Gasteiger partial charge >= 0.3 is 5.97 Å². The van der Waals surface area contributed by atoms with Gasteiger partial charge in [0.15, 0.2) is 5.13 Å². The number of nitrogens with zero attached hydrogens (tertiary/aromatic N) is 1. The van der Waals surface area contributed by atoms with Gasteiger partial charge < -0.3 is 10.1 Å². The highest BCUT2D eigenvalue weighted by atomic mass is 79.9. The molecule has 0 saturated heterocycles. The topological polar surface area (TPSA) is 51.2 Å². The number of halogens is 1. The standard InChI is InChI=1S/C13H13BrN2O2S/c1-3-8-6-9(14)4-5-10(8)16-13-15-7-11(19-13)12(17)18-2/h4-7H,3H2,1-2H3,(H,15,16). The molecule has 1 aromatic carbocycles. The van der Waals surface area contributed by atoms with Crippen molar-refractivity contribution in [2.75, 3.05) is 12.4 Å². The van der Waals surface area contributed by atoms with Gasteiger partial charge in [-0.25, -0.2) is 9.78 Å². The largest absolute Gasteiger partial charge is 0.465 e. The van der Waals surface area contributed by atoms with Crippen LogP contribution in [0.4, 0.5) is 10.8 Å². The number of rotatable bonds is 4. The summed E-state index contributed by atoms with van der Waals surface area (Å²) in [4.78, 5) is 16.0. The number of esters is 1. The molecule has 0 unspecified atom stereocenters. The van der Waals surface area contributed by atoms with Gasteiger partial charge in [-0.1, -0.05) is 34.2 Å². The normalized spacial score (nSPS) is 10.3. The SMILES string of the molecule is CCc1cc(Br)ccc1Nc1ncc(C(=O)OC)s1. The van der Waals surface area contributed by atoms with Crippen LogP contribution in [0.1, 0.15) is 22.2 Å². The number of benzene rings is 1. The second-order valence-corrected chi connectivity index (χ2v) is 5.75. The summed E-state index contributed by atoms with van der Waals surface area (Å²) in [6.07, 6.45) is 2.43. The number of thiazole rings is 1. The van der Waals surface area contributed by atoms with E-state index in [1.165, 1.54) is 30.2 Å². The number of hydrogen-bond acceptors (Lipinski definition) is 5. The molecule has 100 valence electrons. The van der Waals surface area contributed by atoms with Crippen molar-refractivity contribution in [1.82, 2.24) is 4.98 Å². The van der Waals surface area contributed by atoms with Gasteiger partial charge in [-0.3, -0.25) is 0 Å². The van der Waals surface area contributed by atoms with Crippen LogP contribution >= 0.6 is 27.3 Å². The molecule has 2 aromatic rings. The third-order valence-electron chi connectivity index (χ3n) is 2.58. The van der Waals surface area contributed by atoms with Crippen molar-refractivity contribution in [3.8, 4) is 0 Å². The van der Waals surface area contributed by atoms with Crippen LogP contribution in [0.2, 0.25) is 0 Å². The smallest absolute Gasteiger partial charge is 0.349 e. The van der Waals surface area contributed by atoms with Crippen LogP contribution in [0.3, 0.4) is 0 Å². The number of carbonyl (C=O) groups is 1. The van der Waals surface area contributed by atoms with Crippen molar-refractivity contribution in [2.45, 2.75) is 13.3 Å². The number of aromatic nitrogens is 1. The lowest BCUT2D eigenvalue weighted by molar-refractivity contribution is 0.0606. The average molecular weight is 341 g/mol. The van der Waals surface area contributed by atoms with Gasteiger partial charge in [0.1, 0.15) is 4.88 Å². The summed E-state index contributed by atoms with van der Waals surface area (Å²) in [5.41, 5.74) is 2.18. The molecule has 0 amide bonds. The molecular formula is C13H13BrN2O2S. The van der Waals surface area contributed by atoms with Gasteiger partial charge in [-0.2, -0.15) is 0 Å². The molecule has 0 spiro atoms. The maximum atomic E-state index is 11.4. The van der Waals surface area contributed by atoms with Crippen LogP contribution in [0, 0.1) is 0 Å². The number of methoxy groups -OCH3 is 1. The predicted octanol–water partition coefficient (Wildman–Crippen LogP) is 4.00. The fourth-order valence-electron chi connectivity index (χ4n) is 1.62. The first-order valence-electron chi connectivity index (χ1n) is 5.73. The number of anilines is 2. The maximum Gasteiger partial charge on any atom is 0.349 e. The third kappa shape index (κ3) is 3.33. The summed E-state index contributed by atoms with van der Waals surface area (Å²) >= 11 is 4.73. The molecule has 6 heteroatoms. The van der Waals surface area contributed by atoms with Gasteiger partial charge in [0.25, 0.3) is 0 Å². The molecule has 0 aliphatic heterocycles. The zero-order valence-corrected chi connectivity index (χ0v) is 13.0. The Bertz CT molecular complexity index is 598. The lowest BCUT2D eigenvalue weighted by atomic mass is 10.1. The van der Waals surface area contributed by atoms with Gasteiger partial charge in [-0.15, -0.1) is 0 Å². The van der Waals surface area contributed by atoms with E-state index in [9.17, 15) is 4.79 Å². The van der Waals surface area contributed by atoms with Crippen molar-refractivity contribution in [1.29, 1.82) is 0 Å². The van der Waals surface area contributed by atoms with Crippen molar-refractivity contribution in [2.24, 2.45) is 0 Å². The average Bonchev–Trinajstić information content (AvgIpc) is 2.88. The van der Waals surface area contributed by atoms with E-state index >= 15 is 0 Å². The van der Waals surface area contributed by atoms with E-state index in [0.29, 0.717) is 10.0 Å². The Morgan fingerprint density at radius 3 is 3.00 bits per heavy atom. The van der Waals surface area contributed by atoms with Gasteiger partial charge in [-0.05, 0) is 30.2 Å². The lowest BCUT2D eigenvalue weighted by Crippen LogP contribution is -1.97. The monoisotopic (exact) mass is 340 g/mol. The van der Waals surface area contributed by atoms with E-state index in [0.717, 1.165) is 16.6 Å². The first-order chi connectivity index (χ1) is 9.13. The Kier molecular flexibility index (Phi) is 4.55. The van der Waals surface area contributed by atoms with Crippen molar-refractivity contribution in [3.63, 3.8) is 0 Å². The Morgan fingerprint density at radius 2 is 2.32 bits per heavy atom. The number of ether oxygens (including phenoxy) is 1. The number of nitrogens with one attached hydrogen (secondary N) is 1. The minimum Gasteiger partial charge on any atom is -0.465 e. The number of hydrogen-bond donors (Lipinski definition) is 1. The highest BCUT2D eigenvalue weighted by Gasteiger charge is 2.11. The van der Waals surface area contributed by atoms with Crippen LogP contribution < -0.4 is 5.32 Å². The molecule has 0 aliphatic rings. The molecule has 1 N–H and O–H groups in total. The van der Waals surface area contributed by atoms with E-state index in [4.69, 9.17) is 0 Å². The molecule has 0 radical (unpaired) electrons. The van der Waals surface area contributed by atoms with Crippen LogP contribution in [0.25, 0.3) is 0 Å². The number of aryl methyl sites for hydroxylation is 1. The Balaban J connectivity index is 2.21. The van der Waals surface area contributed by atoms with E-state index in [1.807, 2.05) is 12.1 Å². The Hall–Kier alpha value is -1.40. The molecular weight excluding hydrogens is 328 g/mol. The summed E-state index contributed by atoms with van der Waals surface area (Å²) in [5, 5.41) is 3.91. The molecule has 0 atom stereocenters. The molecule has 1 aromatic heterocycles. The maximum absolute atomic E-state index is 11.4. The fourth-order valence-corrected chi connectivity index (χ4v) is 2.77. The zero-order valence-electron chi connectivity index (χ0n) is 10.6. The second kappa shape index (κ2) is 6.16. The van der Waals surface area contributed by atoms with E-state index < -0.39 is 0 Å². The second-order valence-electron chi connectivity index (χ2n) is 3.80. The lowest BCUT2D eigenvalue weighted by Gasteiger charge is -2.08.